The van der Waals surface area contributed by atoms with E-state index in [9.17, 15) is 0 Å². The van der Waals surface area contributed by atoms with Crippen LogP contribution in [0.2, 0.25) is 0 Å². The van der Waals surface area contributed by atoms with Crippen molar-refractivity contribution in [2.24, 2.45) is 17.8 Å². The standard InChI is InChI=1S/C15H32O.C2H6/c1-7-12(2)8-9-13(3)14(4)10-11-15(5)16-6;1-2/h12-15H,7-11H2,1-6H3;1-2H3. The zero-order valence-corrected chi connectivity index (χ0v) is 14.3. The van der Waals surface area contributed by atoms with Crippen molar-refractivity contribution in [2.45, 2.75) is 86.7 Å². The van der Waals surface area contributed by atoms with Gasteiger partial charge in [-0.05, 0) is 37.5 Å². The molecule has 0 spiro atoms. The van der Waals surface area contributed by atoms with Gasteiger partial charge in [-0.1, -0.05) is 60.8 Å². The fourth-order valence-electron chi connectivity index (χ4n) is 1.94. The predicted octanol–water partition coefficient (Wildman–Crippen LogP) is 5.93. The lowest BCUT2D eigenvalue weighted by Gasteiger charge is -2.22. The van der Waals surface area contributed by atoms with Gasteiger partial charge in [0.1, 0.15) is 0 Å². The van der Waals surface area contributed by atoms with E-state index in [1.165, 1.54) is 32.1 Å². The average Bonchev–Trinajstić information content (AvgIpc) is 2.43. The Hall–Kier alpha value is -0.0400. The second-order valence-electron chi connectivity index (χ2n) is 5.67. The van der Waals surface area contributed by atoms with Crippen molar-refractivity contribution in [1.29, 1.82) is 0 Å². The van der Waals surface area contributed by atoms with Gasteiger partial charge in [0.2, 0.25) is 0 Å². The third-order valence-corrected chi connectivity index (χ3v) is 4.21. The predicted molar refractivity (Wildman–Crippen MR) is 84.1 cm³/mol. The third-order valence-electron chi connectivity index (χ3n) is 4.21. The first kappa shape index (κ1) is 20.3. The molecule has 0 aromatic carbocycles. The van der Waals surface area contributed by atoms with E-state index in [4.69, 9.17) is 4.74 Å². The number of ether oxygens (including phenoxy) is 1. The fourth-order valence-corrected chi connectivity index (χ4v) is 1.94. The summed E-state index contributed by atoms with van der Waals surface area (Å²) >= 11 is 0. The van der Waals surface area contributed by atoms with Crippen molar-refractivity contribution in [2.75, 3.05) is 7.11 Å². The highest BCUT2D eigenvalue weighted by atomic mass is 16.5. The number of rotatable bonds is 9. The highest BCUT2D eigenvalue weighted by Gasteiger charge is 2.14. The van der Waals surface area contributed by atoms with E-state index in [0.717, 1.165) is 17.8 Å². The van der Waals surface area contributed by atoms with Crippen LogP contribution < -0.4 is 0 Å². The minimum atomic E-state index is 0.421. The lowest BCUT2D eigenvalue weighted by atomic mass is 9.85. The molecule has 0 aromatic heterocycles. The zero-order valence-electron chi connectivity index (χ0n) is 14.3. The van der Waals surface area contributed by atoms with Crippen LogP contribution in [0.25, 0.3) is 0 Å². The maximum atomic E-state index is 5.30. The molecule has 1 heteroatoms. The van der Waals surface area contributed by atoms with E-state index in [1.807, 2.05) is 21.0 Å². The summed E-state index contributed by atoms with van der Waals surface area (Å²) in [7, 11) is 1.81. The molecule has 0 fully saturated rings. The second-order valence-corrected chi connectivity index (χ2v) is 5.67. The largest absolute Gasteiger partial charge is 0.382 e. The van der Waals surface area contributed by atoms with Crippen molar-refractivity contribution < 1.29 is 4.74 Å². The van der Waals surface area contributed by atoms with Crippen LogP contribution in [0, 0.1) is 17.8 Å². The molecule has 0 bridgehead atoms. The molecule has 0 heterocycles. The Labute approximate surface area is 117 Å². The maximum Gasteiger partial charge on any atom is 0.0543 e. The van der Waals surface area contributed by atoms with Crippen LogP contribution in [0.3, 0.4) is 0 Å². The Kier molecular flexibility index (Phi) is 15.1. The van der Waals surface area contributed by atoms with Gasteiger partial charge in [0, 0.05) is 7.11 Å². The molecule has 0 aliphatic heterocycles. The van der Waals surface area contributed by atoms with Gasteiger partial charge in [-0.15, -0.1) is 0 Å². The SMILES string of the molecule is CC.CCC(C)CCC(C)C(C)CCC(C)OC. The quantitative estimate of drug-likeness (QED) is 0.498. The molecule has 0 saturated carbocycles. The van der Waals surface area contributed by atoms with Crippen LogP contribution in [-0.2, 0) is 4.74 Å². The maximum absolute atomic E-state index is 5.30. The van der Waals surface area contributed by atoms with Crippen LogP contribution in [0.4, 0.5) is 0 Å². The lowest BCUT2D eigenvalue weighted by Crippen LogP contribution is -2.13. The smallest absolute Gasteiger partial charge is 0.0543 e. The molecule has 4 unspecified atom stereocenters. The van der Waals surface area contributed by atoms with Crippen molar-refractivity contribution in [1.82, 2.24) is 0 Å². The summed E-state index contributed by atoms with van der Waals surface area (Å²) < 4.78 is 5.30. The molecule has 112 valence electrons. The Morgan fingerprint density at radius 1 is 0.778 bits per heavy atom. The normalized spacial score (nSPS) is 17.3. The van der Waals surface area contributed by atoms with Crippen LogP contribution in [0.15, 0.2) is 0 Å². The zero-order chi connectivity index (χ0) is 14.6. The van der Waals surface area contributed by atoms with Crippen LogP contribution >= 0.6 is 0 Å². The summed E-state index contributed by atoms with van der Waals surface area (Å²) in [5.41, 5.74) is 0. The Morgan fingerprint density at radius 2 is 1.22 bits per heavy atom. The van der Waals surface area contributed by atoms with E-state index in [-0.39, 0.29) is 0 Å². The molecule has 0 amide bonds. The molecule has 0 saturated heterocycles. The van der Waals surface area contributed by atoms with E-state index in [2.05, 4.69) is 34.6 Å². The van der Waals surface area contributed by atoms with Gasteiger partial charge in [-0.2, -0.15) is 0 Å². The lowest BCUT2D eigenvalue weighted by molar-refractivity contribution is 0.101. The second kappa shape index (κ2) is 13.4. The van der Waals surface area contributed by atoms with E-state index >= 15 is 0 Å². The van der Waals surface area contributed by atoms with Crippen molar-refractivity contribution in [3.8, 4) is 0 Å². The molecule has 0 aromatic rings. The highest BCUT2D eigenvalue weighted by Crippen LogP contribution is 2.25. The molecule has 0 radical (unpaired) electrons. The monoisotopic (exact) mass is 258 g/mol. The van der Waals surface area contributed by atoms with Crippen LogP contribution in [0.1, 0.15) is 80.6 Å². The van der Waals surface area contributed by atoms with Gasteiger partial charge in [-0.3, -0.25) is 0 Å². The van der Waals surface area contributed by atoms with Gasteiger partial charge in [0.05, 0.1) is 6.10 Å². The molecule has 18 heavy (non-hydrogen) atoms. The van der Waals surface area contributed by atoms with Crippen molar-refractivity contribution >= 4 is 0 Å². The highest BCUT2D eigenvalue weighted by molar-refractivity contribution is 4.65. The molecule has 0 rings (SSSR count). The first-order valence-corrected chi connectivity index (χ1v) is 8.04. The van der Waals surface area contributed by atoms with E-state index in [0.29, 0.717) is 6.10 Å². The Bertz CT molecular complexity index is 138. The van der Waals surface area contributed by atoms with Gasteiger partial charge in [0.25, 0.3) is 0 Å². The van der Waals surface area contributed by atoms with Gasteiger partial charge in [0.15, 0.2) is 0 Å². The summed E-state index contributed by atoms with van der Waals surface area (Å²) in [6, 6.07) is 0. The summed E-state index contributed by atoms with van der Waals surface area (Å²) in [4.78, 5) is 0. The van der Waals surface area contributed by atoms with Gasteiger partial charge >= 0.3 is 0 Å². The summed E-state index contributed by atoms with van der Waals surface area (Å²) in [5, 5.41) is 0. The minimum absolute atomic E-state index is 0.421. The van der Waals surface area contributed by atoms with Crippen molar-refractivity contribution in [3.63, 3.8) is 0 Å². The molecule has 0 aliphatic carbocycles. The summed E-state index contributed by atoms with van der Waals surface area (Å²) in [6.45, 7) is 15.6. The minimum Gasteiger partial charge on any atom is -0.382 e. The third kappa shape index (κ3) is 11.1. The molecule has 0 aliphatic rings. The van der Waals surface area contributed by atoms with Gasteiger partial charge in [-0.25, -0.2) is 0 Å². The fraction of sp³-hybridized carbons (Fsp3) is 1.00. The van der Waals surface area contributed by atoms with E-state index < -0.39 is 0 Å². The summed E-state index contributed by atoms with van der Waals surface area (Å²) in [5.74, 6) is 2.59. The van der Waals surface area contributed by atoms with Crippen molar-refractivity contribution in [3.05, 3.63) is 0 Å². The topological polar surface area (TPSA) is 9.23 Å². The van der Waals surface area contributed by atoms with E-state index in [1.54, 1.807) is 0 Å². The first-order valence-electron chi connectivity index (χ1n) is 8.04. The Balaban J connectivity index is 0. The molecule has 0 N–H and O–H groups in total. The molecular weight excluding hydrogens is 220 g/mol. The first-order chi connectivity index (χ1) is 8.51. The van der Waals surface area contributed by atoms with Gasteiger partial charge < -0.3 is 4.74 Å². The summed E-state index contributed by atoms with van der Waals surface area (Å²) in [6.07, 6.45) is 7.02. The number of hydrogen-bond acceptors (Lipinski definition) is 1. The Morgan fingerprint density at radius 3 is 1.61 bits per heavy atom. The van der Waals surface area contributed by atoms with Crippen LogP contribution in [0.5, 0.6) is 0 Å². The van der Waals surface area contributed by atoms with Crippen LogP contribution in [-0.4, -0.2) is 13.2 Å². The molecule has 4 atom stereocenters. The number of hydrogen-bond donors (Lipinski definition) is 0. The molecular formula is C17H38O. The number of methoxy groups -OCH3 is 1. The molecule has 1 nitrogen and oxygen atoms in total. The average molecular weight is 258 g/mol.